The van der Waals surface area contributed by atoms with E-state index < -0.39 is 11.5 Å². The van der Waals surface area contributed by atoms with Gasteiger partial charge < -0.3 is 9.84 Å². The van der Waals surface area contributed by atoms with Crippen molar-refractivity contribution in [3.63, 3.8) is 0 Å². The molecule has 0 fully saturated rings. The lowest BCUT2D eigenvalue weighted by Gasteiger charge is -2.29. The number of benzene rings is 3. The van der Waals surface area contributed by atoms with Crippen molar-refractivity contribution >= 4 is 12.2 Å². The molecule has 3 rings (SSSR count). The fourth-order valence-electron chi connectivity index (χ4n) is 4.11. The highest BCUT2D eigenvalue weighted by atomic mass is 16.5. The molecule has 3 aromatic rings. The maximum atomic E-state index is 12.9. The van der Waals surface area contributed by atoms with Crippen LogP contribution in [0.4, 0.5) is 0 Å². The molecule has 0 bridgehead atoms. The van der Waals surface area contributed by atoms with Crippen molar-refractivity contribution in [2.45, 2.75) is 57.9 Å². The molecule has 34 heavy (non-hydrogen) atoms. The summed E-state index contributed by atoms with van der Waals surface area (Å²) in [5.41, 5.74) is 2.28. The molecule has 0 aliphatic carbocycles. The lowest BCUT2D eigenvalue weighted by Crippen LogP contribution is -2.35. The van der Waals surface area contributed by atoms with Gasteiger partial charge in [-0.25, -0.2) is 4.79 Å². The minimum Gasteiger partial charge on any atom is -0.496 e. The minimum atomic E-state index is -1.59. The van der Waals surface area contributed by atoms with Crippen molar-refractivity contribution in [1.29, 1.82) is 0 Å². The number of hydrogen-bond acceptors (Lipinski definition) is 3. The quantitative estimate of drug-likeness (QED) is 0.417. The predicted molar refractivity (Wildman–Crippen MR) is 139 cm³/mol. The highest BCUT2D eigenvalue weighted by molar-refractivity contribution is 5.92. The molecule has 0 saturated carbocycles. The van der Waals surface area contributed by atoms with Gasteiger partial charge in [0.2, 0.25) is 5.54 Å². The summed E-state index contributed by atoms with van der Waals surface area (Å²) in [7, 11) is 1.65. The van der Waals surface area contributed by atoms with E-state index in [-0.39, 0.29) is 10.8 Å². The molecular weight excluding hydrogens is 422 g/mol. The second-order valence-electron chi connectivity index (χ2n) is 10.7. The van der Waals surface area contributed by atoms with Crippen LogP contribution in [0.1, 0.15) is 69.4 Å². The maximum Gasteiger partial charge on any atom is 0.340 e. The van der Waals surface area contributed by atoms with Gasteiger partial charge in [0.25, 0.3) is 0 Å². The Hall–Kier alpha value is -3.40. The number of hydrogen-bond donors (Lipinski definition) is 1. The summed E-state index contributed by atoms with van der Waals surface area (Å²) >= 11 is 0. The average molecular weight is 458 g/mol. The first-order valence-corrected chi connectivity index (χ1v) is 11.5. The monoisotopic (exact) mass is 457 g/mol. The van der Waals surface area contributed by atoms with Crippen LogP contribution in [0.2, 0.25) is 0 Å². The third-order valence-electron chi connectivity index (χ3n) is 6.09. The Balaban J connectivity index is 2.33. The Morgan fingerprint density at radius 2 is 1.29 bits per heavy atom. The van der Waals surface area contributed by atoms with E-state index in [2.05, 4.69) is 53.7 Å². The molecule has 4 nitrogen and oxygen atoms in total. The Labute approximate surface area is 203 Å². The number of aliphatic imine (C=N–C) groups is 1. The molecule has 0 atom stereocenters. The number of nitrogens with zero attached hydrogens (tertiary/aromatic N) is 1. The van der Waals surface area contributed by atoms with Crippen molar-refractivity contribution in [3.05, 3.63) is 101 Å². The lowest BCUT2D eigenvalue weighted by atomic mass is 9.79. The van der Waals surface area contributed by atoms with E-state index in [1.165, 1.54) is 0 Å². The molecule has 0 amide bonds. The minimum absolute atomic E-state index is 0.0996. The van der Waals surface area contributed by atoms with Crippen LogP contribution in [0.25, 0.3) is 0 Å². The van der Waals surface area contributed by atoms with Gasteiger partial charge in [-0.15, -0.1) is 0 Å². The zero-order chi connectivity index (χ0) is 25.1. The molecule has 178 valence electrons. The SMILES string of the molecule is COc1c(C=NC(C(=O)O)(c2ccccc2)c2ccccc2)cc(C(C)(C)C)cc1C(C)(C)C. The van der Waals surface area contributed by atoms with Gasteiger partial charge in [-0.1, -0.05) is 108 Å². The molecule has 0 saturated heterocycles. The zero-order valence-corrected chi connectivity index (χ0v) is 21.2. The summed E-state index contributed by atoms with van der Waals surface area (Å²) in [5, 5.41) is 10.6. The number of carboxylic acid groups (broad SMARTS) is 1. The van der Waals surface area contributed by atoms with Crippen molar-refractivity contribution in [3.8, 4) is 5.75 Å². The first-order chi connectivity index (χ1) is 15.9. The standard InChI is InChI=1S/C30H35NO3/c1-28(2,3)24-18-21(26(34-7)25(19-24)29(4,5)6)20-31-30(27(32)33,22-14-10-8-11-15-22)23-16-12-9-13-17-23/h8-20H,1-7H3,(H,32,33). The van der Waals surface area contributed by atoms with Crippen LogP contribution in [0, 0.1) is 0 Å². The summed E-state index contributed by atoms with van der Waals surface area (Å²) in [6.07, 6.45) is 1.66. The summed E-state index contributed by atoms with van der Waals surface area (Å²) < 4.78 is 5.87. The summed E-state index contributed by atoms with van der Waals surface area (Å²) in [6.45, 7) is 12.9. The Bertz CT molecular complexity index is 1130. The molecule has 3 aromatic carbocycles. The van der Waals surface area contributed by atoms with E-state index >= 15 is 0 Å². The molecule has 0 aliphatic rings. The molecule has 1 N–H and O–H groups in total. The van der Waals surface area contributed by atoms with Crippen LogP contribution in [0.15, 0.2) is 77.8 Å². The highest BCUT2D eigenvalue weighted by Crippen LogP contribution is 2.39. The predicted octanol–water partition coefficient (Wildman–Crippen LogP) is 6.74. The third kappa shape index (κ3) is 4.91. The fraction of sp³-hybridized carbons (Fsp3) is 0.333. The fourth-order valence-corrected chi connectivity index (χ4v) is 4.11. The van der Waals surface area contributed by atoms with E-state index in [0.29, 0.717) is 16.9 Å². The van der Waals surface area contributed by atoms with Gasteiger partial charge in [-0.3, -0.25) is 4.99 Å². The van der Waals surface area contributed by atoms with E-state index in [4.69, 9.17) is 9.73 Å². The summed E-state index contributed by atoms with van der Waals surface area (Å²) in [6, 6.07) is 22.6. The average Bonchev–Trinajstić information content (AvgIpc) is 2.79. The highest BCUT2D eigenvalue weighted by Gasteiger charge is 2.42. The second kappa shape index (κ2) is 9.46. The van der Waals surface area contributed by atoms with Crippen LogP contribution in [0.3, 0.4) is 0 Å². The Kier molecular flexibility index (Phi) is 7.02. The normalized spacial score (nSPS) is 12.7. The first-order valence-electron chi connectivity index (χ1n) is 11.5. The third-order valence-corrected chi connectivity index (χ3v) is 6.09. The van der Waals surface area contributed by atoms with E-state index in [0.717, 1.165) is 16.7 Å². The van der Waals surface area contributed by atoms with Crippen molar-refractivity contribution in [1.82, 2.24) is 0 Å². The van der Waals surface area contributed by atoms with Gasteiger partial charge in [0, 0.05) is 17.3 Å². The smallest absolute Gasteiger partial charge is 0.340 e. The van der Waals surface area contributed by atoms with Gasteiger partial charge in [0.05, 0.1) is 7.11 Å². The molecule has 0 unspecified atom stereocenters. The summed E-state index contributed by atoms with van der Waals surface area (Å²) in [5.74, 6) is -0.326. The van der Waals surface area contributed by atoms with Crippen LogP contribution >= 0.6 is 0 Å². The molecule has 0 heterocycles. The van der Waals surface area contributed by atoms with E-state index in [9.17, 15) is 9.90 Å². The van der Waals surface area contributed by atoms with Crippen molar-refractivity contribution in [2.24, 2.45) is 4.99 Å². The number of carbonyl (C=O) groups is 1. The van der Waals surface area contributed by atoms with Crippen LogP contribution < -0.4 is 4.74 Å². The maximum absolute atomic E-state index is 12.9. The van der Waals surface area contributed by atoms with Crippen LogP contribution in [0.5, 0.6) is 5.75 Å². The first kappa shape index (κ1) is 25.2. The van der Waals surface area contributed by atoms with Crippen LogP contribution in [-0.4, -0.2) is 24.4 Å². The van der Waals surface area contributed by atoms with Gasteiger partial charge in [-0.05, 0) is 33.6 Å². The second-order valence-corrected chi connectivity index (χ2v) is 10.7. The van der Waals surface area contributed by atoms with Crippen LogP contribution in [-0.2, 0) is 21.2 Å². The lowest BCUT2D eigenvalue weighted by molar-refractivity contribution is -0.141. The summed E-state index contributed by atoms with van der Waals surface area (Å²) in [4.78, 5) is 17.7. The van der Waals surface area contributed by atoms with E-state index in [1.807, 2.05) is 60.7 Å². The van der Waals surface area contributed by atoms with E-state index in [1.54, 1.807) is 13.3 Å². The van der Waals surface area contributed by atoms with Gasteiger partial charge >= 0.3 is 5.97 Å². The molecule has 4 heteroatoms. The molecule has 0 aliphatic heterocycles. The Morgan fingerprint density at radius 3 is 1.68 bits per heavy atom. The molecule has 0 aromatic heterocycles. The van der Waals surface area contributed by atoms with Crippen molar-refractivity contribution in [2.75, 3.05) is 7.11 Å². The molecule has 0 radical (unpaired) electrons. The number of rotatable bonds is 6. The largest absolute Gasteiger partial charge is 0.496 e. The van der Waals surface area contributed by atoms with Gasteiger partial charge in [0.1, 0.15) is 5.75 Å². The number of carboxylic acids is 1. The molecule has 0 spiro atoms. The Morgan fingerprint density at radius 1 is 0.794 bits per heavy atom. The number of methoxy groups -OCH3 is 1. The van der Waals surface area contributed by atoms with Crippen molar-refractivity contribution < 1.29 is 14.6 Å². The van der Waals surface area contributed by atoms with Gasteiger partial charge in [-0.2, -0.15) is 0 Å². The zero-order valence-electron chi connectivity index (χ0n) is 21.2. The molecular formula is C30H35NO3. The topological polar surface area (TPSA) is 58.9 Å². The number of ether oxygens (including phenoxy) is 1. The van der Waals surface area contributed by atoms with Gasteiger partial charge in [0.15, 0.2) is 0 Å². The number of aliphatic carboxylic acids is 1.